The maximum Gasteiger partial charge on any atom is 0.293 e. The Kier molecular flexibility index (Phi) is 1.85. The lowest BCUT2D eigenvalue weighted by Gasteiger charge is -1.95. The van der Waals surface area contributed by atoms with Crippen LogP contribution in [0.1, 0.15) is 5.01 Å². The van der Waals surface area contributed by atoms with E-state index >= 15 is 0 Å². The number of thiazole rings is 1. The number of rotatable bonds is 1. The molecule has 0 aliphatic carbocycles. The van der Waals surface area contributed by atoms with Crippen LogP contribution in [0.3, 0.4) is 0 Å². The molecule has 2 N–H and O–H groups in total. The third kappa shape index (κ3) is 1.29. The number of aromatic nitrogens is 1. The van der Waals surface area contributed by atoms with Crippen LogP contribution in [0.5, 0.6) is 0 Å². The maximum atomic E-state index is 10.6. The van der Waals surface area contributed by atoms with Crippen LogP contribution in [0.2, 0.25) is 0 Å². The summed E-state index contributed by atoms with van der Waals surface area (Å²) in [6.45, 7) is 1.85. The average Bonchev–Trinajstić information content (AvgIpc) is 2.42. The Hall–Kier alpha value is -1.69. The summed E-state index contributed by atoms with van der Waals surface area (Å²) in [5.74, 6) is 0. The van der Waals surface area contributed by atoms with Crippen LogP contribution >= 0.6 is 11.3 Å². The molecular formula is C8H7N3O2S. The molecule has 0 bridgehead atoms. The largest absolute Gasteiger partial charge is 0.393 e. The van der Waals surface area contributed by atoms with Gasteiger partial charge in [-0.05, 0) is 13.0 Å². The molecular weight excluding hydrogens is 202 g/mol. The zero-order chi connectivity index (χ0) is 10.3. The van der Waals surface area contributed by atoms with Crippen molar-refractivity contribution < 1.29 is 4.92 Å². The van der Waals surface area contributed by atoms with Crippen LogP contribution in [-0.2, 0) is 0 Å². The molecule has 0 atom stereocenters. The Morgan fingerprint density at radius 3 is 2.93 bits per heavy atom. The van der Waals surface area contributed by atoms with E-state index < -0.39 is 4.92 Å². The zero-order valence-electron chi connectivity index (χ0n) is 7.35. The number of benzene rings is 1. The Morgan fingerprint density at radius 2 is 2.29 bits per heavy atom. The first-order chi connectivity index (χ1) is 6.58. The fraction of sp³-hybridized carbons (Fsp3) is 0.125. The molecule has 6 heteroatoms. The van der Waals surface area contributed by atoms with Gasteiger partial charge >= 0.3 is 0 Å². The lowest BCUT2D eigenvalue weighted by atomic mass is 10.2. The highest BCUT2D eigenvalue weighted by atomic mass is 32.1. The summed E-state index contributed by atoms with van der Waals surface area (Å²) < 4.78 is 0.795. The molecule has 1 aromatic carbocycles. The van der Waals surface area contributed by atoms with Crippen molar-refractivity contribution in [2.45, 2.75) is 6.92 Å². The predicted molar refractivity (Wildman–Crippen MR) is 55.4 cm³/mol. The molecule has 0 amide bonds. The highest BCUT2D eigenvalue weighted by molar-refractivity contribution is 7.18. The molecule has 0 saturated heterocycles. The molecule has 0 spiro atoms. The summed E-state index contributed by atoms with van der Waals surface area (Å²) in [7, 11) is 0. The summed E-state index contributed by atoms with van der Waals surface area (Å²) >= 11 is 1.42. The number of hydrogen-bond acceptors (Lipinski definition) is 5. The SMILES string of the molecule is Cc1nc2cc(N)c([N+](=O)[O-])cc2s1. The van der Waals surface area contributed by atoms with E-state index in [1.807, 2.05) is 6.92 Å². The second-order valence-corrected chi connectivity index (χ2v) is 4.10. The van der Waals surface area contributed by atoms with Crippen molar-refractivity contribution in [3.05, 3.63) is 27.3 Å². The van der Waals surface area contributed by atoms with Gasteiger partial charge < -0.3 is 5.73 Å². The standard InChI is InChI=1S/C8H7N3O2S/c1-4-10-6-2-5(9)7(11(12)13)3-8(6)14-4/h2-3H,9H2,1H3. The molecule has 0 unspecified atom stereocenters. The van der Waals surface area contributed by atoms with E-state index in [1.54, 1.807) is 0 Å². The maximum absolute atomic E-state index is 10.6. The van der Waals surface area contributed by atoms with Gasteiger partial charge in [0.2, 0.25) is 0 Å². The van der Waals surface area contributed by atoms with E-state index in [2.05, 4.69) is 4.98 Å². The van der Waals surface area contributed by atoms with Crippen LogP contribution in [0.4, 0.5) is 11.4 Å². The lowest BCUT2D eigenvalue weighted by molar-refractivity contribution is -0.383. The van der Waals surface area contributed by atoms with E-state index in [0.29, 0.717) is 0 Å². The predicted octanol–water partition coefficient (Wildman–Crippen LogP) is 2.10. The number of nitro groups is 1. The van der Waals surface area contributed by atoms with E-state index in [9.17, 15) is 10.1 Å². The normalized spacial score (nSPS) is 10.6. The van der Waals surface area contributed by atoms with Crippen LogP contribution in [0.25, 0.3) is 10.2 Å². The number of nitrogen functional groups attached to an aromatic ring is 1. The van der Waals surface area contributed by atoms with Crippen molar-refractivity contribution in [2.75, 3.05) is 5.73 Å². The fourth-order valence-electron chi connectivity index (χ4n) is 1.25. The van der Waals surface area contributed by atoms with E-state index in [0.717, 1.165) is 15.2 Å². The minimum Gasteiger partial charge on any atom is -0.393 e. The zero-order valence-corrected chi connectivity index (χ0v) is 8.17. The molecule has 2 aromatic rings. The van der Waals surface area contributed by atoms with Gasteiger partial charge in [0.05, 0.1) is 20.1 Å². The smallest absolute Gasteiger partial charge is 0.293 e. The minimum atomic E-state index is -0.482. The molecule has 5 nitrogen and oxygen atoms in total. The summed E-state index contributed by atoms with van der Waals surface area (Å²) in [5, 5.41) is 11.5. The molecule has 2 rings (SSSR count). The third-order valence-electron chi connectivity index (χ3n) is 1.84. The van der Waals surface area contributed by atoms with Crippen molar-refractivity contribution in [3.8, 4) is 0 Å². The Morgan fingerprint density at radius 1 is 1.57 bits per heavy atom. The summed E-state index contributed by atoms with van der Waals surface area (Å²) in [5.41, 5.74) is 6.34. The Balaban J connectivity index is 2.76. The lowest BCUT2D eigenvalue weighted by Crippen LogP contribution is -1.94. The highest BCUT2D eigenvalue weighted by Crippen LogP contribution is 2.30. The fourth-order valence-corrected chi connectivity index (χ4v) is 2.09. The van der Waals surface area contributed by atoms with Crippen LogP contribution in [0, 0.1) is 17.0 Å². The Labute approximate surface area is 83.3 Å². The number of aryl methyl sites for hydroxylation is 1. The summed E-state index contributed by atoms with van der Waals surface area (Å²) in [4.78, 5) is 14.3. The second kappa shape index (κ2) is 2.91. The minimum absolute atomic E-state index is 0.0545. The van der Waals surface area contributed by atoms with Crippen molar-refractivity contribution in [1.29, 1.82) is 0 Å². The molecule has 0 radical (unpaired) electrons. The topological polar surface area (TPSA) is 82.0 Å². The quantitative estimate of drug-likeness (QED) is 0.443. The van der Waals surface area contributed by atoms with Crippen molar-refractivity contribution in [2.24, 2.45) is 0 Å². The number of fused-ring (bicyclic) bond motifs is 1. The van der Waals surface area contributed by atoms with Crippen molar-refractivity contribution >= 4 is 32.9 Å². The van der Waals surface area contributed by atoms with Gasteiger partial charge in [0, 0.05) is 6.07 Å². The molecule has 0 aliphatic rings. The van der Waals surface area contributed by atoms with Gasteiger partial charge in [0.1, 0.15) is 5.69 Å². The van der Waals surface area contributed by atoms with Crippen LogP contribution in [0.15, 0.2) is 12.1 Å². The van der Waals surface area contributed by atoms with Crippen LogP contribution in [-0.4, -0.2) is 9.91 Å². The number of anilines is 1. The van der Waals surface area contributed by atoms with E-state index in [4.69, 9.17) is 5.73 Å². The summed E-state index contributed by atoms with van der Waals surface area (Å²) in [6, 6.07) is 3.01. The molecule has 0 saturated carbocycles. The average molecular weight is 209 g/mol. The van der Waals surface area contributed by atoms with Crippen LogP contribution < -0.4 is 5.73 Å². The molecule has 14 heavy (non-hydrogen) atoms. The highest BCUT2D eigenvalue weighted by Gasteiger charge is 2.14. The first-order valence-corrected chi connectivity index (χ1v) is 4.70. The molecule has 0 aliphatic heterocycles. The van der Waals surface area contributed by atoms with Gasteiger partial charge in [-0.25, -0.2) is 4.98 Å². The monoisotopic (exact) mass is 209 g/mol. The van der Waals surface area contributed by atoms with E-state index in [1.165, 1.54) is 23.5 Å². The molecule has 0 fully saturated rings. The first-order valence-electron chi connectivity index (χ1n) is 3.89. The van der Waals surface area contributed by atoms with Gasteiger partial charge in [-0.1, -0.05) is 0 Å². The van der Waals surface area contributed by atoms with Gasteiger partial charge in [0.25, 0.3) is 5.69 Å². The second-order valence-electron chi connectivity index (χ2n) is 2.87. The van der Waals surface area contributed by atoms with Crippen molar-refractivity contribution in [3.63, 3.8) is 0 Å². The van der Waals surface area contributed by atoms with Crippen molar-refractivity contribution in [1.82, 2.24) is 4.98 Å². The number of nitro benzene ring substituents is 1. The van der Waals surface area contributed by atoms with Gasteiger partial charge in [0.15, 0.2) is 0 Å². The number of nitrogens with zero attached hydrogens (tertiary/aromatic N) is 2. The first kappa shape index (κ1) is 8.89. The van der Waals surface area contributed by atoms with Gasteiger partial charge in [-0.3, -0.25) is 10.1 Å². The molecule has 72 valence electrons. The number of nitrogens with two attached hydrogens (primary N) is 1. The summed E-state index contributed by atoms with van der Waals surface area (Å²) in [6.07, 6.45) is 0. The molecule has 1 heterocycles. The third-order valence-corrected chi connectivity index (χ3v) is 2.77. The number of hydrogen-bond donors (Lipinski definition) is 1. The van der Waals surface area contributed by atoms with Gasteiger partial charge in [-0.2, -0.15) is 0 Å². The Bertz CT molecular complexity index is 521. The molecule has 1 aromatic heterocycles. The van der Waals surface area contributed by atoms with E-state index in [-0.39, 0.29) is 11.4 Å². The van der Waals surface area contributed by atoms with Gasteiger partial charge in [-0.15, -0.1) is 11.3 Å².